The number of carbonyl (C=O) groups excluding carboxylic acids is 1. The lowest BCUT2D eigenvalue weighted by Gasteiger charge is -2.27. The van der Waals surface area contributed by atoms with Gasteiger partial charge in [-0.05, 0) is 38.9 Å². The summed E-state index contributed by atoms with van der Waals surface area (Å²) in [7, 11) is 0. The van der Waals surface area contributed by atoms with Crippen LogP contribution >= 0.6 is 0 Å². The fourth-order valence-corrected chi connectivity index (χ4v) is 3.06. The SMILES string of the molecule is CC(CN1CCCN2CCCC2C1)C(=O)NN. The average Bonchev–Trinajstić information content (AvgIpc) is 2.67. The van der Waals surface area contributed by atoms with Gasteiger partial charge < -0.3 is 4.90 Å². The molecule has 2 fully saturated rings. The molecule has 98 valence electrons. The summed E-state index contributed by atoms with van der Waals surface area (Å²) < 4.78 is 0. The Morgan fingerprint density at radius 1 is 1.41 bits per heavy atom. The number of fused-ring (bicyclic) bond motifs is 1. The van der Waals surface area contributed by atoms with Gasteiger partial charge in [0.25, 0.3) is 0 Å². The maximum atomic E-state index is 11.4. The van der Waals surface area contributed by atoms with E-state index in [0.29, 0.717) is 6.04 Å². The Morgan fingerprint density at radius 3 is 2.94 bits per heavy atom. The molecule has 2 heterocycles. The highest BCUT2D eigenvalue weighted by molar-refractivity contribution is 5.77. The van der Waals surface area contributed by atoms with Gasteiger partial charge in [-0.25, -0.2) is 5.84 Å². The van der Waals surface area contributed by atoms with E-state index in [0.717, 1.165) is 19.6 Å². The first kappa shape index (κ1) is 12.8. The van der Waals surface area contributed by atoms with Crippen molar-refractivity contribution in [1.29, 1.82) is 0 Å². The number of nitrogens with one attached hydrogen (secondary N) is 1. The van der Waals surface area contributed by atoms with Gasteiger partial charge in [0.05, 0.1) is 0 Å². The van der Waals surface area contributed by atoms with Gasteiger partial charge in [0.15, 0.2) is 0 Å². The highest BCUT2D eigenvalue weighted by atomic mass is 16.2. The minimum absolute atomic E-state index is 0.0204. The molecule has 0 aliphatic carbocycles. The maximum absolute atomic E-state index is 11.4. The quantitative estimate of drug-likeness (QED) is 0.407. The van der Waals surface area contributed by atoms with Crippen LogP contribution in [0.3, 0.4) is 0 Å². The topological polar surface area (TPSA) is 61.6 Å². The van der Waals surface area contributed by atoms with E-state index >= 15 is 0 Å². The zero-order chi connectivity index (χ0) is 12.3. The highest BCUT2D eigenvalue weighted by Gasteiger charge is 2.29. The summed E-state index contributed by atoms with van der Waals surface area (Å²) in [5.74, 6) is 5.09. The molecule has 0 aromatic heterocycles. The first-order valence-corrected chi connectivity index (χ1v) is 6.67. The monoisotopic (exact) mass is 240 g/mol. The molecule has 0 aromatic rings. The molecule has 2 aliphatic heterocycles. The molecule has 0 radical (unpaired) electrons. The Hall–Kier alpha value is -0.650. The van der Waals surface area contributed by atoms with Gasteiger partial charge in [-0.2, -0.15) is 0 Å². The third kappa shape index (κ3) is 3.18. The van der Waals surface area contributed by atoms with Gasteiger partial charge >= 0.3 is 0 Å². The number of nitrogens with two attached hydrogens (primary N) is 1. The molecule has 3 N–H and O–H groups in total. The first-order chi connectivity index (χ1) is 8.20. The number of hydrazine groups is 1. The fourth-order valence-electron chi connectivity index (χ4n) is 3.06. The van der Waals surface area contributed by atoms with Crippen LogP contribution in [0.15, 0.2) is 0 Å². The summed E-state index contributed by atoms with van der Waals surface area (Å²) in [5.41, 5.74) is 2.24. The van der Waals surface area contributed by atoms with Crippen LogP contribution in [-0.2, 0) is 4.79 Å². The van der Waals surface area contributed by atoms with Crippen molar-refractivity contribution in [3.05, 3.63) is 0 Å². The molecule has 2 aliphatic rings. The third-order valence-electron chi connectivity index (χ3n) is 4.01. The second-order valence-electron chi connectivity index (χ2n) is 5.35. The van der Waals surface area contributed by atoms with Crippen molar-refractivity contribution in [2.45, 2.75) is 32.2 Å². The summed E-state index contributed by atoms with van der Waals surface area (Å²) in [5, 5.41) is 0. The zero-order valence-electron chi connectivity index (χ0n) is 10.7. The van der Waals surface area contributed by atoms with Crippen LogP contribution in [-0.4, -0.2) is 54.5 Å². The molecule has 1 amide bonds. The number of hydrogen-bond acceptors (Lipinski definition) is 4. The van der Waals surface area contributed by atoms with Gasteiger partial charge in [0.1, 0.15) is 0 Å². The Balaban J connectivity index is 1.86. The van der Waals surface area contributed by atoms with E-state index in [1.807, 2.05) is 6.92 Å². The Morgan fingerprint density at radius 2 is 2.18 bits per heavy atom. The second-order valence-corrected chi connectivity index (χ2v) is 5.35. The smallest absolute Gasteiger partial charge is 0.237 e. The average molecular weight is 240 g/mol. The molecule has 2 saturated heterocycles. The van der Waals surface area contributed by atoms with Gasteiger partial charge in [-0.15, -0.1) is 0 Å². The third-order valence-corrected chi connectivity index (χ3v) is 4.01. The zero-order valence-corrected chi connectivity index (χ0v) is 10.7. The molecule has 2 atom stereocenters. The van der Waals surface area contributed by atoms with Crippen molar-refractivity contribution in [1.82, 2.24) is 15.2 Å². The molecule has 5 nitrogen and oxygen atoms in total. The van der Waals surface area contributed by atoms with E-state index in [2.05, 4.69) is 15.2 Å². The standard InChI is InChI=1S/C12H24N4O/c1-10(12(17)14-13)8-15-5-3-7-16-6-2-4-11(16)9-15/h10-11H,2-9,13H2,1H3,(H,14,17). The largest absolute Gasteiger partial charge is 0.301 e. The Bertz CT molecular complexity index is 271. The van der Waals surface area contributed by atoms with Crippen molar-refractivity contribution in [3.8, 4) is 0 Å². The normalized spacial score (nSPS) is 28.5. The van der Waals surface area contributed by atoms with Crippen LogP contribution in [0.5, 0.6) is 0 Å². The number of amides is 1. The molecular formula is C12H24N4O. The summed E-state index contributed by atoms with van der Waals surface area (Å²) in [6.07, 6.45) is 3.86. The van der Waals surface area contributed by atoms with Crippen molar-refractivity contribution >= 4 is 5.91 Å². The maximum Gasteiger partial charge on any atom is 0.237 e. The summed E-state index contributed by atoms with van der Waals surface area (Å²) in [4.78, 5) is 16.5. The van der Waals surface area contributed by atoms with Gasteiger partial charge in [0.2, 0.25) is 5.91 Å². The van der Waals surface area contributed by atoms with E-state index in [1.54, 1.807) is 0 Å². The van der Waals surface area contributed by atoms with E-state index in [9.17, 15) is 4.79 Å². The first-order valence-electron chi connectivity index (χ1n) is 6.67. The van der Waals surface area contributed by atoms with E-state index < -0.39 is 0 Å². The fraction of sp³-hybridized carbons (Fsp3) is 0.917. The molecule has 2 unspecified atom stereocenters. The minimum atomic E-state index is -0.0578. The van der Waals surface area contributed by atoms with Crippen LogP contribution in [0.4, 0.5) is 0 Å². The molecule has 0 aromatic carbocycles. The highest BCUT2D eigenvalue weighted by Crippen LogP contribution is 2.21. The van der Waals surface area contributed by atoms with Crippen LogP contribution in [0, 0.1) is 5.92 Å². The molecule has 2 rings (SSSR count). The molecule has 0 spiro atoms. The van der Waals surface area contributed by atoms with Gasteiger partial charge in [0, 0.05) is 25.0 Å². The van der Waals surface area contributed by atoms with Crippen molar-refractivity contribution in [2.75, 3.05) is 32.7 Å². The van der Waals surface area contributed by atoms with Gasteiger partial charge in [-0.3, -0.25) is 15.1 Å². The van der Waals surface area contributed by atoms with Crippen LogP contribution in [0.2, 0.25) is 0 Å². The summed E-state index contributed by atoms with van der Waals surface area (Å²) in [6, 6.07) is 0.714. The molecule has 5 heteroatoms. The molecule has 17 heavy (non-hydrogen) atoms. The van der Waals surface area contributed by atoms with Crippen LogP contribution in [0.1, 0.15) is 26.2 Å². The summed E-state index contributed by atoms with van der Waals surface area (Å²) in [6.45, 7) is 7.47. The van der Waals surface area contributed by atoms with Crippen molar-refractivity contribution in [2.24, 2.45) is 11.8 Å². The van der Waals surface area contributed by atoms with Crippen molar-refractivity contribution < 1.29 is 4.79 Å². The van der Waals surface area contributed by atoms with Crippen molar-refractivity contribution in [3.63, 3.8) is 0 Å². The van der Waals surface area contributed by atoms with E-state index in [-0.39, 0.29) is 11.8 Å². The number of rotatable bonds is 3. The van der Waals surface area contributed by atoms with E-state index in [4.69, 9.17) is 5.84 Å². The number of hydrogen-bond donors (Lipinski definition) is 2. The number of carbonyl (C=O) groups is 1. The molecular weight excluding hydrogens is 216 g/mol. The Labute approximate surface area is 103 Å². The molecule has 0 bridgehead atoms. The van der Waals surface area contributed by atoms with Gasteiger partial charge in [-0.1, -0.05) is 6.92 Å². The predicted molar refractivity (Wildman–Crippen MR) is 67.1 cm³/mol. The lowest BCUT2D eigenvalue weighted by Crippen LogP contribution is -2.43. The lowest BCUT2D eigenvalue weighted by atomic mass is 10.1. The lowest BCUT2D eigenvalue weighted by molar-refractivity contribution is -0.125. The Kier molecular flexibility index (Phi) is 4.36. The molecule has 0 saturated carbocycles. The van der Waals surface area contributed by atoms with Crippen LogP contribution in [0.25, 0.3) is 0 Å². The number of nitrogens with zero attached hydrogens (tertiary/aromatic N) is 2. The predicted octanol–water partition coefficient (Wildman–Crippen LogP) is -0.217. The second kappa shape index (κ2) is 5.80. The van der Waals surface area contributed by atoms with E-state index in [1.165, 1.54) is 32.4 Å². The summed E-state index contributed by atoms with van der Waals surface area (Å²) >= 11 is 0. The van der Waals surface area contributed by atoms with Crippen LogP contribution < -0.4 is 11.3 Å². The minimum Gasteiger partial charge on any atom is -0.301 e.